The maximum atomic E-state index is 12.5. The monoisotopic (exact) mass is 300 g/mol. The molecule has 1 heterocycles. The van der Waals surface area contributed by atoms with Crippen molar-refractivity contribution >= 4 is 23.8 Å². The van der Waals surface area contributed by atoms with E-state index in [1.165, 1.54) is 6.92 Å². The number of urea groups is 1. The molecule has 1 atom stereocenters. The van der Waals surface area contributed by atoms with Gasteiger partial charge in [0.15, 0.2) is 0 Å². The highest BCUT2D eigenvalue weighted by Crippen LogP contribution is 2.29. The van der Waals surface area contributed by atoms with Gasteiger partial charge in [0.25, 0.3) is 0 Å². The van der Waals surface area contributed by atoms with E-state index in [1.807, 2.05) is 0 Å². The van der Waals surface area contributed by atoms with Gasteiger partial charge in [-0.25, -0.2) is 9.59 Å². The number of carboxylic acid groups (broad SMARTS) is 1. The summed E-state index contributed by atoms with van der Waals surface area (Å²) in [5.74, 6) is -2.74. The molecular formula is C12H20N4O5. The van der Waals surface area contributed by atoms with Gasteiger partial charge in [0.05, 0.1) is 0 Å². The molecule has 5 N–H and O–H groups in total. The number of nitrogens with zero attached hydrogens (tertiary/aromatic N) is 2. The minimum Gasteiger partial charge on any atom is -0.480 e. The molecule has 1 saturated heterocycles. The van der Waals surface area contributed by atoms with Crippen LogP contribution < -0.4 is 11.5 Å². The predicted octanol–water partition coefficient (Wildman–Crippen LogP) is -1.29. The first kappa shape index (κ1) is 16.7. The van der Waals surface area contributed by atoms with Crippen LogP contribution in [-0.4, -0.2) is 63.9 Å². The van der Waals surface area contributed by atoms with E-state index in [-0.39, 0.29) is 6.54 Å². The van der Waals surface area contributed by atoms with Gasteiger partial charge in [0.2, 0.25) is 11.8 Å². The summed E-state index contributed by atoms with van der Waals surface area (Å²) in [5.41, 5.74) is 8.72. The van der Waals surface area contributed by atoms with Crippen molar-refractivity contribution in [1.29, 1.82) is 0 Å². The molecule has 1 aliphatic heterocycles. The number of aliphatic carboxylic acids is 1. The molecule has 1 aliphatic rings. The Morgan fingerprint density at radius 1 is 1.14 bits per heavy atom. The second kappa shape index (κ2) is 6.42. The Kier molecular flexibility index (Phi) is 5.12. The van der Waals surface area contributed by atoms with Crippen molar-refractivity contribution in [3.63, 3.8) is 0 Å². The van der Waals surface area contributed by atoms with Crippen molar-refractivity contribution in [2.45, 2.75) is 31.7 Å². The summed E-state index contributed by atoms with van der Waals surface area (Å²) in [4.78, 5) is 48.0. The predicted molar refractivity (Wildman–Crippen MR) is 72.0 cm³/mol. The third-order valence-electron chi connectivity index (χ3n) is 3.55. The normalized spacial score (nSPS) is 21.7. The van der Waals surface area contributed by atoms with Gasteiger partial charge in [-0.2, -0.15) is 0 Å². The zero-order chi connectivity index (χ0) is 16.2. The zero-order valence-electron chi connectivity index (χ0n) is 11.9. The van der Waals surface area contributed by atoms with Gasteiger partial charge in [0.1, 0.15) is 18.6 Å². The Labute approximate surface area is 121 Å². The van der Waals surface area contributed by atoms with Gasteiger partial charge in [0, 0.05) is 6.54 Å². The summed E-state index contributed by atoms with van der Waals surface area (Å²) in [7, 11) is 0. The number of piperidine rings is 1. The lowest BCUT2D eigenvalue weighted by Crippen LogP contribution is -2.61. The fourth-order valence-electron chi connectivity index (χ4n) is 2.39. The minimum atomic E-state index is -1.37. The summed E-state index contributed by atoms with van der Waals surface area (Å²) < 4.78 is 0. The van der Waals surface area contributed by atoms with E-state index in [0.717, 1.165) is 9.80 Å². The molecule has 0 saturated carbocycles. The Morgan fingerprint density at radius 2 is 1.67 bits per heavy atom. The molecular weight excluding hydrogens is 280 g/mol. The molecule has 4 amide bonds. The molecule has 1 unspecified atom stereocenters. The molecule has 0 aromatic heterocycles. The third-order valence-corrected chi connectivity index (χ3v) is 3.55. The molecule has 1 fully saturated rings. The maximum Gasteiger partial charge on any atom is 0.329 e. The summed E-state index contributed by atoms with van der Waals surface area (Å²) in [6.07, 6.45) is 1.63. The number of primary amides is 2. The highest BCUT2D eigenvalue weighted by Gasteiger charge is 2.45. The lowest BCUT2D eigenvalue weighted by molar-refractivity contribution is -0.150. The molecule has 1 rings (SSSR count). The fourth-order valence-corrected chi connectivity index (χ4v) is 2.39. The van der Waals surface area contributed by atoms with Gasteiger partial charge >= 0.3 is 12.0 Å². The molecule has 0 spiro atoms. The Hall–Kier alpha value is -2.32. The lowest BCUT2D eigenvalue weighted by atomic mass is 9.89. The van der Waals surface area contributed by atoms with Crippen molar-refractivity contribution in [3.8, 4) is 0 Å². The maximum absolute atomic E-state index is 12.5. The molecule has 21 heavy (non-hydrogen) atoms. The smallest absolute Gasteiger partial charge is 0.329 e. The Bertz CT molecular complexity index is 451. The second-order valence-electron chi connectivity index (χ2n) is 5.26. The molecule has 0 radical (unpaired) electrons. The van der Waals surface area contributed by atoms with Gasteiger partial charge in [-0.1, -0.05) is 0 Å². The van der Waals surface area contributed by atoms with E-state index in [9.17, 15) is 24.3 Å². The highest BCUT2D eigenvalue weighted by molar-refractivity contribution is 5.91. The van der Waals surface area contributed by atoms with Crippen molar-refractivity contribution < 1.29 is 24.3 Å². The van der Waals surface area contributed by atoms with Crippen LogP contribution in [0.25, 0.3) is 0 Å². The molecule has 0 aromatic carbocycles. The van der Waals surface area contributed by atoms with Gasteiger partial charge < -0.3 is 26.4 Å². The van der Waals surface area contributed by atoms with Crippen LogP contribution >= 0.6 is 0 Å². The number of carbonyl (C=O) groups excluding carboxylic acids is 3. The van der Waals surface area contributed by atoms with Crippen LogP contribution in [0, 0.1) is 0 Å². The topological polar surface area (TPSA) is 147 Å². The average molecular weight is 300 g/mol. The van der Waals surface area contributed by atoms with E-state index < -0.39 is 42.4 Å². The summed E-state index contributed by atoms with van der Waals surface area (Å²) >= 11 is 0. The number of carbonyl (C=O) groups is 4. The average Bonchev–Trinajstić information content (AvgIpc) is 2.36. The number of hydrogen-bond acceptors (Lipinski definition) is 4. The molecule has 118 valence electrons. The van der Waals surface area contributed by atoms with Crippen LogP contribution in [0.15, 0.2) is 0 Å². The highest BCUT2D eigenvalue weighted by atomic mass is 16.4. The van der Waals surface area contributed by atoms with Crippen LogP contribution in [0.5, 0.6) is 0 Å². The molecule has 9 nitrogen and oxygen atoms in total. The van der Waals surface area contributed by atoms with Gasteiger partial charge in [-0.05, 0) is 26.2 Å². The standard InChI is InChI=1S/C12H20N4O5/c1-12(10(19)20)4-2-3-5-16(12)11(21)15(6-8(13)17)7-9(14)18/h2-7H2,1H3,(H2,13,17)(H2,14,18)(H,19,20). The van der Waals surface area contributed by atoms with Crippen LogP contribution in [-0.2, 0) is 14.4 Å². The first-order valence-corrected chi connectivity index (χ1v) is 6.55. The first-order valence-electron chi connectivity index (χ1n) is 6.55. The lowest BCUT2D eigenvalue weighted by Gasteiger charge is -2.43. The molecule has 0 aromatic rings. The second-order valence-corrected chi connectivity index (χ2v) is 5.26. The quantitative estimate of drug-likeness (QED) is 0.577. The van der Waals surface area contributed by atoms with Gasteiger partial charge in [-0.3, -0.25) is 9.59 Å². The van der Waals surface area contributed by atoms with E-state index >= 15 is 0 Å². The summed E-state index contributed by atoms with van der Waals surface area (Å²) in [6.45, 7) is 0.691. The van der Waals surface area contributed by atoms with Crippen molar-refractivity contribution in [3.05, 3.63) is 0 Å². The first-order chi connectivity index (χ1) is 9.68. The SMILES string of the molecule is CC1(C(=O)O)CCCCN1C(=O)N(CC(N)=O)CC(N)=O. The molecule has 0 aliphatic carbocycles. The van der Waals surface area contributed by atoms with Gasteiger partial charge in [-0.15, -0.1) is 0 Å². The number of carboxylic acids is 1. The number of likely N-dealkylation sites (tertiary alicyclic amines) is 1. The zero-order valence-corrected chi connectivity index (χ0v) is 11.9. The minimum absolute atomic E-state index is 0.232. The van der Waals surface area contributed by atoms with E-state index in [2.05, 4.69) is 0 Å². The number of amides is 4. The third kappa shape index (κ3) is 3.83. The van der Waals surface area contributed by atoms with Crippen molar-refractivity contribution in [2.75, 3.05) is 19.6 Å². The number of hydrogen-bond donors (Lipinski definition) is 3. The number of rotatable bonds is 5. The van der Waals surface area contributed by atoms with E-state index in [0.29, 0.717) is 19.3 Å². The van der Waals surface area contributed by atoms with E-state index in [1.54, 1.807) is 0 Å². The Balaban J connectivity index is 3.01. The van der Waals surface area contributed by atoms with Crippen LogP contribution in [0.3, 0.4) is 0 Å². The van der Waals surface area contributed by atoms with Crippen molar-refractivity contribution in [1.82, 2.24) is 9.80 Å². The summed E-state index contributed by atoms with van der Waals surface area (Å²) in [5, 5.41) is 9.37. The molecule has 9 heteroatoms. The fraction of sp³-hybridized carbons (Fsp3) is 0.667. The van der Waals surface area contributed by atoms with Crippen LogP contribution in [0.4, 0.5) is 4.79 Å². The largest absolute Gasteiger partial charge is 0.480 e. The Morgan fingerprint density at radius 3 is 2.10 bits per heavy atom. The van der Waals surface area contributed by atoms with E-state index in [4.69, 9.17) is 11.5 Å². The van der Waals surface area contributed by atoms with Crippen LogP contribution in [0.2, 0.25) is 0 Å². The summed E-state index contributed by atoms with van der Waals surface area (Å²) in [6, 6.07) is -0.725. The van der Waals surface area contributed by atoms with Crippen LogP contribution in [0.1, 0.15) is 26.2 Å². The molecule has 0 bridgehead atoms. The number of nitrogens with two attached hydrogens (primary N) is 2. The van der Waals surface area contributed by atoms with Crippen molar-refractivity contribution in [2.24, 2.45) is 11.5 Å².